The molecule has 0 spiro atoms. The molecule has 2 rings (SSSR count). The van der Waals surface area contributed by atoms with Crippen LogP contribution in [0.5, 0.6) is 0 Å². The first kappa shape index (κ1) is 19.3. The number of rotatable bonds is 4. The minimum atomic E-state index is -0.956. The van der Waals surface area contributed by atoms with Gasteiger partial charge in [0.05, 0.1) is 17.6 Å². The van der Waals surface area contributed by atoms with Crippen LogP contribution in [0.3, 0.4) is 0 Å². The fourth-order valence-electron chi connectivity index (χ4n) is 2.68. The molecule has 1 atom stereocenters. The molecule has 9 nitrogen and oxygen atoms in total. The Morgan fingerprint density at radius 2 is 2.15 bits per heavy atom. The van der Waals surface area contributed by atoms with Gasteiger partial charge >= 0.3 is 12.0 Å². The number of carbonyl (C=O) groups excluding carboxylic acids is 2. The van der Waals surface area contributed by atoms with Crippen LogP contribution in [0.2, 0.25) is 0 Å². The number of thiocarbonyl (C=S) groups is 1. The van der Waals surface area contributed by atoms with Gasteiger partial charge in [-0.1, -0.05) is 12.1 Å². The Morgan fingerprint density at radius 3 is 2.73 bits per heavy atom. The van der Waals surface area contributed by atoms with Crippen LogP contribution in [-0.4, -0.2) is 40.6 Å². The monoisotopic (exact) mass is 378 g/mol. The number of nitro benzene ring substituents is 1. The third-order valence-corrected chi connectivity index (χ3v) is 4.10. The summed E-state index contributed by atoms with van der Waals surface area (Å²) in [5, 5.41) is 16.6. The molecule has 0 fully saturated rings. The van der Waals surface area contributed by atoms with Crippen molar-refractivity contribution in [3.63, 3.8) is 0 Å². The fourth-order valence-corrected chi connectivity index (χ4v) is 3.03. The van der Waals surface area contributed by atoms with Crippen LogP contribution in [0.4, 0.5) is 10.5 Å². The summed E-state index contributed by atoms with van der Waals surface area (Å²) < 4.78 is 4.84. The summed E-state index contributed by atoms with van der Waals surface area (Å²) in [5.74, 6) is -0.664. The number of allylic oxidation sites excluding steroid dienone is 1. The molecule has 0 bridgehead atoms. The Kier molecular flexibility index (Phi) is 5.88. The number of nitrogens with one attached hydrogen (secondary N) is 2. The van der Waals surface area contributed by atoms with Crippen molar-refractivity contribution < 1.29 is 19.2 Å². The number of hydrogen-bond acceptors (Lipinski definition) is 6. The van der Waals surface area contributed by atoms with E-state index in [1.165, 1.54) is 30.2 Å². The number of nitrogens with zero attached hydrogens (tertiary/aromatic N) is 2. The minimum Gasteiger partial charge on any atom is -0.466 e. The molecule has 0 saturated carbocycles. The quantitative estimate of drug-likeness (QED) is 0.356. The lowest BCUT2D eigenvalue weighted by Gasteiger charge is -2.37. The summed E-state index contributed by atoms with van der Waals surface area (Å²) in [6.07, 6.45) is 0. The number of esters is 1. The predicted molar refractivity (Wildman–Crippen MR) is 97.2 cm³/mol. The number of hydrogen-bond donors (Lipinski definition) is 2. The standard InChI is InChI=1S/C16H18N4O5S/c1-4-17-15(22)19-13(10-6-5-7-11(8-10)20(23)24)12(14(21)25-3)9(2)18-16(19)26/h5-8,13H,4H2,1-3H3,(H,17,22)(H,18,26). The molecular formula is C16H18N4O5S. The van der Waals surface area contributed by atoms with E-state index < -0.39 is 23.0 Å². The maximum Gasteiger partial charge on any atom is 0.337 e. The molecule has 138 valence electrons. The molecule has 1 aromatic rings. The Bertz CT molecular complexity index is 808. The Balaban J connectivity index is 2.68. The highest BCUT2D eigenvalue weighted by Crippen LogP contribution is 2.35. The second kappa shape index (κ2) is 7.91. The molecule has 1 aliphatic rings. The van der Waals surface area contributed by atoms with Gasteiger partial charge in [-0.2, -0.15) is 0 Å². The van der Waals surface area contributed by atoms with Gasteiger partial charge in [-0.25, -0.2) is 9.59 Å². The maximum absolute atomic E-state index is 12.6. The smallest absolute Gasteiger partial charge is 0.337 e. The molecule has 0 radical (unpaired) electrons. The number of non-ortho nitro benzene ring substituents is 1. The zero-order valence-electron chi connectivity index (χ0n) is 14.4. The van der Waals surface area contributed by atoms with Gasteiger partial charge in [-0.3, -0.25) is 15.0 Å². The van der Waals surface area contributed by atoms with Gasteiger partial charge in [0.15, 0.2) is 5.11 Å². The number of amides is 2. The highest BCUT2D eigenvalue weighted by atomic mass is 32.1. The van der Waals surface area contributed by atoms with Crippen molar-refractivity contribution in [1.82, 2.24) is 15.5 Å². The number of ether oxygens (including phenoxy) is 1. The molecule has 0 saturated heterocycles. The molecule has 10 heteroatoms. The Hall–Kier alpha value is -3.01. The predicted octanol–water partition coefficient (Wildman–Crippen LogP) is 2.00. The van der Waals surface area contributed by atoms with Gasteiger partial charge in [0, 0.05) is 24.4 Å². The fraction of sp³-hybridized carbons (Fsp3) is 0.312. The first-order valence-corrected chi connectivity index (χ1v) is 8.14. The lowest BCUT2D eigenvalue weighted by molar-refractivity contribution is -0.384. The molecular weight excluding hydrogens is 360 g/mol. The molecule has 1 aliphatic heterocycles. The van der Waals surface area contributed by atoms with E-state index in [1.807, 2.05) is 0 Å². The maximum atomic E-state index is 12.6. The van der Waals surface area contributed by atoms with E-state index in [2.05, 4.69) is 10.6 Å². The SMILES string of the molecule is CCNC(=O)N1C(=S)NC(C)=C(C(=O)OC)C1c1cccc([N+](=O)[O-])c1. The normalized spacial score (nSPS) is 16.8. The molecule has 2 amide bonds. The van der Waals surface area contributed by atoms with Crippen LogP contribution < -0.4 is 10.6 Å². The number of nitro groups is 1. The zero-order valence-corrected chi connectivity index (χ0v) is 15.3. The summed E-state index contributed by atoms with van der Waals surface area (Å²) in [5.41, 5.74) is 0.769. The van der Waals surface area contributed by atoms with Gasteiger partial charge in [0.2, 0.25) is 0 Å². The second-order valence-electron chi connectivity index (χ2n) is 5.42. The molecule has 0 aliphatic carbocycles. The van der Waals surface area contributed by atoms with Crippen molar-refractivity contribution in [2.45, 2.75) is 19.9 Å². The molecule has 2 N–H and O–H groups in total. The number of urea groups is 1. The average Bonchev–Trinajstić information content (AvgIpc) is 2.60. The zero-order chi connectivity index (χ0) is 19.4. The summed E-state index contributed by atoms with van der Waals surface area (Å²) in [6, 6.07) is 4.22. The second-order valence-corrected chi connectivity index (χ2v) is 5.81. The molecule has 0 aromatic heterocycles. The van der Waals surface area contributed by atoms with Crippen LogP contribution in [0.1, 0.15) is 25.5 Å². The van der Waals surface area contributed by atoms with Crippen molar-refractivity contribution in [2.24, 2.45) is 0 Å². The summed E-state index contributed by atoms with van der Waals surface area (Å²) >= 11 is 5.27. The number of benzene rings is 1. The third kappa shape index (κ3) is 3.64. The molecule has 1 heterocycles. The topological polar surface area (TPSA) is 114 Å². The average molecular weight is 378 g/mol. The van der Waals surface area contributed by atoms with Gasteiger partial charge in [-0.05, 0) is 31.6 Å². The Morgan fingerprint density at radius 1 is 1.46 bits per heavy atom. The van der Waals surface area contributed by atoms with Gasteiger partial charge in [0.1, 0.15) is 6.04 Å². The van der Waals surface area contributed by atoms with E-state index in [1.54, 1.807) is 19.9 Å². The first-order chi connectivity index (χ1) is 12.3. The molecule has 26 heavy (non-hydrogen) atoms. The van der Waals surface area contributed by atoms with E-state index in [0.29, 0.717) is 17.8 Å². The van der Waals surface area contributed by atoms with Crippen LogP contribution in [0.25, 0.3) is 0 Å². The van der Waals surface area contributed by atoms with Crippen molar-refractivity contribution >= 4 is 35.0 Å². The van der Waals surface area contributed by atoms with Crippen LogP contribution in [0, 0.1) is 10.1 Å². The Labute approximate surface area is 155 Å². The highest BCUT2D eigenvalue weighted by molar-refractivity contribution is 7.80. The van der Waals surface area contributed by atoms with Crippen molar-refractivity contribution in [3.8, 4) is 0 Å². The van der Waals surface area contributed by atoms with Crippen molar-refractivity contribution in [1.29, 1.82) is 0 Å². The van der Waals surface area contributed by atoms with Crippen LogP contribution in [-0.2, 0) is 9.53 Å². The van der Waals surface area contributed by atoms with Gasteiger partial charge < -0.3 is 15.4 Å². The lowest BCUT2D eigenvalue weighted by Crippen LogP contribution is -2.54. The first-order valence-electron chi connectivity index (χ1n) is 7.73. The lowest BCUT2D eigenvalue weighted by atomic mass is 9.94. The molecule has 1 unspecified atom stereocenters. The van der Waals surface area contributed by atoms with Crippen molar-refractivity contribution in [3.05, 3.63) is 51.2 Å². The van der Waals surface area contributed by atoms with Crippen LogP contribution in [0.15, 0.2) is 35.5 Å². The third-order valence-electron chi connectivity index (χ3n) is 3.80. The largest absolute Gasteiger partial charge is 0.466 e. The van der Waals surface area contributed by atoms with Crippen LogP contribution >= 0.6 is 12.2 Å². The highest BCUT2D eigenvalue weighted by Gasteiger charge is 2.40. The van der Waals surface area contributed by atoms with E-state index >= 15 is 0 Å². The van der Waals surface area contributed by atoms with E-state index in [9.17, 15) is 19.7 Å². The summed E-state index contributed by atoms with van der Waals surface area (Å²) in [6.45, 7) is 3.71. The van der Waals surface area contributed by atoms with Gasteiger partial charge in [-0.15, -0.1) is 0 Å². The van der Waals surface area contributed by atoms with Gasteiger partial charge in [0.25, 0.3) is 5.69 Å². The minimum absolute atomic E-state index is 0.0811. The van der Waals surface area contributed by atoms with Crippen molar-refractivity contribution in [2.75, 3.05) is 13.7 Å². The number of methoxy groups -OCH3 is 1. The van der Waals surface area contributed by atoms with E-state index in [0.717, 1.165) is 0 Å². The van der Waals surface area contributed by atoms with E-state index in [-0.39, 0.29) is 16.4 Å². The summed E-state index contributed by atoms with van der Waals surface area (Å²) in [4.78, 5) is 36.7. The number of carbonyl (C=O) groups is 2. The van der Waals surface area contributed by atoms with E-state index in [4.69, 9.17) is 17.0 Å². The molecule has 1 aromatic carbocycles. The summed E-state index contributed by atoms with van der Waals surface area (Å²) in [7, 11) is 1.22.